The summed E-state index contributed by atoms with van der Waals surface area (Å²) in [6.45, 7) is 5.83. The van der Waals surface area contributed by atoms with E-state index in [-0.39, 0.29) is 11.7 Å². The zero-order valence-corrected chi connectivity index (χ0v) is 9.58. The van der Waals surface area contributed by atoms with E-state index in [9.17, 15) is 4.79 Å². The van der Waals surface area contributed by atoms with Crippen LogP contribution in [0.5, 0.6) is 0 Å². The molecule has 1 heterocycles. The molecule has 0 aliphatic rings. The molecule has 3 heteroatoms. The molecule has 0 saturated carbocycles. The van der Waals surface area contributed by atoms with Crippen molar-refractivity contribution in [3.05, 3.63) is 23.4 Å². The summed E-state index contributed by atoms with van der Waals surface area (Å²) in [7, 11) is 0. The van der Waals surface area contributed by atoms with Crippen LogP contribution in [0.3, 0.4) is 0 Å². The number of aromatic nitrogens is 1. The summed E-state index contributed by atoms with van der Waals surface area (Å²) in [5.41, 5.74) is 7.88. The van der Waals surface area contributed by atoms with Crippen LogP contribution in [-0.2, 0) is 11.2 Å². The Labute approximate surface area is 90.7 Å². The van der Waals surface area contributed by atoms with E-state index >= 15 is 0 Å². The maximum atomic E-state index is 11.5. The first kappa shape index (κ1) is 11.7. The summed E-state index contributed by atoms with van der Waals surface area (Å²) < 4.78 is 0. The lowest BCUT2D eigenvalue weighted by molar-refractivity contribution is -0.121. The lowest BCUT2D eigenvalue weighted by Gasteiger charge is -2.08. The van der Waals surface area contributed by atoms with Crippen molar-refractivity contribution >= 4 is 11.6 Å². The van der Waals surface area contributed by atoms with Gasteiger partial charge in [-0.25, -0.2) is 4.98 Å². The lowest BCUT2D eigenvalue weighted by atomic mass is 9.99. The quantitative estimate of drug-likeness (QED) is 0.821. The summed E-state index contributed by atoms with van der Waals surface area (Å²) in [5, 5.41) is 0. The Balaban J connectivity index is 2.69. The Kier molecular flexibility index (Phi) is 3.83. The van der Waals surface area contributed by atoms with Crippen molar-refractivity contribution < 1.29 is 4.79 Å². The Morgan fingerprint density at radius 2 is 2.20 bits per heavy atom. The molecule has 0 spiro atoms. The second-order valence-electron chi connectivity index (χ2n) is 4.11. The Hall–Kier alpha value is -1.38. The zero-order valence-electron chi connectivity index (χ0n) is 9.58. The van der Waals surface area contributed by atoms with E-state index in [1.807, 2.05) is 26.8 Å². The van der Waals surface area contributed by atoms with Crippen molar-refractivity contribution in [2.75, 3.05) is 5.73 Å². The van der Waals surface area contributed by atoms with Crippen LogP contribution in [0.1, 0.15) is 31.4 Å². The molecule has 1 aromatic heterocycles. The molecule has 0 aliphatic carbocycles. The van der Waals surface area contributed by atoms with Gasteiger partial charge >= 0.3 is 0 Å². The number of anilines is 1. The number of nitrogen functional groups attached to an aromatic ring is 1. The van der Waals surface area contributed by atoms with E-state index < -0.39 is 0 Å². The highest BCUT2D eigenvalue weighted by Gasteiger charge is 2.10. The number of nitrogens with zero attached hydrogens (tertiary/aromatic N) is 1. The van der Waals surface area contributed by atoms with Crippen LogP contribution in [0.25, 0.3) is 0 Å². The Morgan fingerprint density at radius 1 is 1.53 bits per heavy atom. The van der Waals surface area contributed by atoms with Crippen molar-refractivity contribution in [3.63, 3.8) is 0 Å². The van der Waals surface area contributed by atoms with Crippen LogP contribution in [0.4, 0.5) is 5.82 Å². The molecule has 3 nitrogen and oxygen atoms in total. The molecule has 0 aliphatic heterocycles. The van der Waals surface area contributed by atoms with Crippen LogP contribution in [-0.4, -0.2) is 10.8 Å². The van der Waals surface area contributed by atoms with E-state index in [1.165, 1.54) is 0 Å². The van der Waals surface area contributed by atoms with Crippen molar-refractivity contribution in [3.8, 4) is 0 Å². The van der Waals surface area contributed by atoms with Gasteiger partial charge in [-0.2, -0.15) is 0 Å². The van der Waals surface area contributed by atoms with E-state index in [0.717, 1.165) is 11.1 Å². The van der Waals surface area contributed by atoms with Gasteiger partial charge in [-0.3, -0.25) is 4.79 Å². The van der Waals surface area contributed by atoms with Gasteiger partial charge in [0.2, 0.25) is 0 Å². The van der Waals surface area contributed by atoms with Crippen molar-refractivity contribution in [1.29, 1.82) is 0 Å². The fourth-order valence-corrected chi connectivity index (χ4v) is 1.47. The summed E-state index contributed by atoms with van der Waals surface area (Å²) >= 11 is 0. The highest BCUT2D eigenvalue weighted by Crippen LogP contribution is 2.16. The molecule has 15 heavy (non-hydrogen) atoms. The Morgan fingerprint density at radius 3 is 2.73 bits per heavy atom. The van der Waals surface area contributed by atoms with Gasteiger partial charge in [0.05, 0.1) is 0 Å². The van der Waals surface area contributed by atoms with Gasteiger partial charge in [-0.05, 0) is 30.5 Å². The number of ketones is 1. The highest BCUT2D eigenvalue weighted by atomic mass is 16.1. The third-order valence-electron chi connectivity index (χ3n) is 2.59. The van der Waals surface area contributed by atoms with E-state index in [1.54, 1.807) is 6.20 Å². The molecule has 0 saturated heterocycles. The first-order valence-electron chi connectivity index (χ1n) is 5.25. The van der Waals surface area contributed by atoms with Gasteiger partial charge in [-0.1, -0.05) is 13.8 Å². The molecular formula is C12H18N2O. The predicted molar refractivity (Wildman–Crippen MR) is 61.6 cm³/mol. The topological polar surface area (TPSA) is 56.0 Å². The minimum Gasteiger partial charge on any atom is -0.383 e. The first-order chi connectivity index (χ1) is 7.02. The van der Waals surface area contributed by atoms with Crippen LogP contribution in [0, 0.1) is 12.8 Å². The van der Waals surface area contributed by atoms with Crippen molar-refractivity contribution in [1.82, 2.24) is 4.98 Å². The summed E-state index contributed by atoms with van der Waals surface area (Å²) in [6.07, 6.45) is 2.94. The minimum atomic E-state index is 0.100. The molecule has 1 aromatic rings. The molecule has 0 radical (unpaired) electrons. The third kappa shape index (κ3) is 3.05. The zero-order chi connectivity index (χ0) is 11.4. The molecule has 2 N–H and O–H groups in total. The molecule has 0 amide bonds. The maximum absolute atomic E-state index is 11.5. The van der Waals surface area contributed by atoms with Crippen LogP contribution >= 0.6 is 0 Å². The second-order valence-corrected chi connectivity index (χ2v) is 4.11. The molecule has 0 aromatic carbocycles. The molecule has 0 unspecified atom stereocenters. The Bertz CT molecular complexity index is 338. The maximum Gasteiger partial charge on any atom is 0.135 e. The smallest absolute Gasteiger partial charge is 0.135 e. The number of Topliss-reactive ketones (excluding diaryl/α,β-unsaturated/α-hetero) is 1. The lowest BCUT2D eigenvalue weighted by Crippen LogP contribution is -2.09. The van der Waals surface area contributed by atoms with Crippen LogP contribution < -0.4 is 5.73 Å². The number of hydrogen-bond donors (Lipinski definition) is 1. The van der Waals surface area contributed by atoms with Gasteiger partial charge in [0, 0.05) is 18.5 Å². The molecule has 0 fully saturated rings. The largest absolute Gasteiger partial charge is 0.383 e. The number of hydrogen-bond acceptors (Lipinski definition) is 3. The number of nitrogens with two attached hydrogens (primary N) is 1. The number of carbonyl (C=O) groups excluding carboxylic acids is 1. The molecule has 1 rings (SSSR count). The second kappa shape index (κ2) is 4.91. The van der Waals surface area contributed by atoms with Crippen LogP contribution in [0.2, 0.25) is 0 Å². The van der Waals surface area contributed by atoms with Gasteiger partial charge in [0.15, 0.2) is 0 Å². The van der Waals surface area contributed by atoms with E-state index in [0.29, 0.717) is 18.7 Å². The summed E-state index contributed by atoms with van der Waals surface area (Å²) in [6, 6.07) is 1.92. The van der Waals surface area contributed by atoms with E-state index in [2.05, 4.69) is 4.98 Å². The average Bonchev–Trinajstić information content (AvgIpc) is 2.16. The molecule has 0 bridgehead atoms. The monoisotopic (exact) mass is 206 g/mol. The highest BCUT2D eigenvalue weighted by molar-refractivity contribution is 5.80. The number of rotatable bonds is 4. The standard InChI is InChI=1S/C12H18N2O/c1-8(2)11(15)5-4-10-9(3)6-7-14-12(10)13/h6-8H,4-5H2,1-3H3,(H2,13,14). The van der Waals surface area contributed by atoms with Crippen molar-refractivity contribution in [2.24, 2.45) is 5.92 Å². The van der Waals surface area contributed by atoms with Crippen LogP contribution in [0.15, 0.2) is 12.3 Å². The normalized spacial score (nSPS) is 10.7. The van der Waals surface area contributed by atoms with Gasteiger partial charge in [0.1, 0.15) is 11.6 Å². The van der Waals surface area contributed by atoms with E-state index in [4.69, 9.17) is 5.73 Å². The number of carbonyl (C=O) groups is 1. The average molecular weight is 206 g/mol. The minimum absolute atomic E-state index is 0.100. The fourth-order valence-electron chi connectivity index (χ4n) is 1.47. The summed E-state index contributed by atoms with van der Waals surface area (Å²) in [5.74, 6) is 0.924. The third-order valence-corrected chi connectivity index (χ3v) is 2.59. The van der Waals surface area contributed by atoms with Gasteiger partial charge in [-0.15, -0.1) is 0 Å². The molecular weight excluding hydrogens is 188 g/mol. The number of aryl methyl sites for hydroxylation is 1. The number of pyridine rings is 1. The molecule has 82 valence electrons. The van der Waals surface area contributed by atoms with Gasteiger partial charge in [0.25, 0.3) is 0 Å². The first-order valence-corrected chi connectivity index (χ1v) is 5.25. The summed E-state index contributed by atoms with van der Waals surface area (Å²) in [4.78, 5) is 15.5. The molecule has 0 atom stereocenters. The fraction of sp³-hybridized carbons (Fsp3) is 0.500. The SMILES string of the molecule is Cc1ccnc(N)c1CCC(=O)C(C)C. The van der Waals surface area contributed by atoms with Gasteiger partial charge < -0.3 is 5.73 Å². The predicted octanol–water partition coefficient (Wildman–Crippen LogP) is 2.13. The van der Waals surface area contributed by atoms with Crippen molar-refractivity contribution in [2.45, 2.75) is 33.6 Å².